The van der Waals surface area contributed by atoms with Crippen LogP contribution >= 0.6 is 0 Å². The summed E-state index contributed by atoms with van der Waals surface area (Å²) >= 11 is 0. The van der Waals surface area contributed by atoms with Crippen LogP contribution in [0, 0.1) is 5.92 Å². The molecule has 0 aliphatic heterocycles. The molecule has 4 aromatic carbocycles. The number of rotatable bonds is 11. The van der Waals surface area contributed by atoms with Gasteiger partial charge < -0.3 is 10.2 Å². The van der Waals surface area contributed by atoms with E-state index in [2.05, 4.69) is 43.4 Å². The van der Waals surface area contributed by atoms with Crippen LogP contribution in [0.1, 0.15) is 37.0 Å². The van der Waals surface area contributed by atoms with E-state index in [9.17, 15) is 9.59 Å². The Hall–Kier alpha value is -3.92. The summed E-state index contributed by atoms with van der Waals surface area (Å²) in [6.45, 7) is 5.11. The van der Waals surface area contributed by atoms with Gasteiger partial charge in [-0.3, -0.25) is 9.59 Å². The van der Waals surface area contributed by atoms with E-state index in [4.69, 9.17) is 0 Å². The number of nitrogens with zero attached hydrogens (tertiary/aromatic N) is 1. The van der Waals surface area contributed by atoms with Gasteiger partial charge in [0.1, 0.15) is 6.04 Å². The number of nitrogens with one attached hydrogen (secondary N) is 1. The zero-order chi connectivity index (χ0) is 26.0. The van der Waals surface area contributed by atoms with Crippen molar-refractivity contribution < 1.29 is 9.59 Å². The van der Waals surface area contributed by atoms with Crippen LogP contribution in [-0.2, 0) is 29.0 Å². The number of hydrogen-bond acceptors (Lipinski definition) is 2. The zero-order valence-electron chi connectivity index (χ0n) is 21.8. The molecular formula is C33H36N2O2. The van der Waals surface area contributed by atoms with Gasteiger partial charge in [-0.1, -0.05) is 117 Å². The molecule has 0 fully saturated rings. The van der Waals surface area contributed by atoms with Crippen molar-refractivity contribution in [2.75, 3.05) is 6.54 Å². The minimum Gasteiger partial charge on any atom is -0.354 e. The third-order valence-electron chi connectivity index (χ3n) is 6.64. The van der Waals surface area contributed by atoms with Crippen molar-refractivity contribution in [3.8, 4) is 0 Å². The summed E-state index contributed by atoms with van der Waals surface area (Å²) in [6, 6.07) is 33.8. The van der Waals surface area contributed by atoms with Crippen LogP contribution in [0.25, 0.3) is 10.8 Å². The maximum absolute atomic E-state index is 13.9. The van der Waals surface area contributed by atoms with Crippen molar-refractivity contribution in [2.45, 2.75) is 45.7 Å². The van der Waals surface area contributed by atoms with Crippen LogP contribution in [0.15, 0.2) is 103 Å². The molecule has 4 aromatic rings. The normalized spacial score (nSPS) is 11.9. The van der Waals surface area contributed by atoms with Gasteiger partial charge in [-0.2, -0.15) is 0 Å². The second-order valence-electron chi connectivity index (χ2n) is 9.99. The van der Waals surface area contributed by atoms with Gasteiger partial charge in [0.05, 0.1) is 0 Å². The number of hydrogen-bond donors (Lipinski definition) is 1. The fourth-order valence-electron chi connectivity index (χ4n) is 4.65. The van der Waals surface area contributed by atoms with Crippen molar-refractivity contribution in [1.29, 1.82) is 0 Å². The van der Waals surface area contributed by atoms with Crippen molar-refractivity contribution in [3.63, 3.8) is 0 Å². The summed E-state index contributed by atoms with van der Waals surface area (Å²) in [7, 11) is 0. The lowest BCUT2D eigenvalue weighted by Crippen LogP contribution is -2.51. The Bertz CT molecular complexity index is 1300. The summed E-state index contributed by atoms with van der Waals surface area (Å²) in [6.07, 6.45) is 1.43. The topological polar surface area (TPSA) is 49.4 Å². The van der Waals surface area contributed by atoms with Crippen LogP contribution < -0.4 is 5.32 Å². The van der Waals surface area contributed by atoms with Crippen molar-refractivity contribution in [1.82, 2.24) is 10.2 Å². The summed E-state index contributed by atoms with van der Waals surface area (Å²) in [5.41, 5.74) is 3.19. The Balaban J connectivity index is 1.62. The lowest BCUT2D eigenvalue weighted by Gasteiger charge is -2.32. The molecule has 0 aromatic heterocycles. The molecule has 0 saturated heterocycles. The van der Waals surface area contributed by atoms with Gasteiger partial charge in [0.25, 0.3) is 0 Å². The minimum absolute atomic E-state index is 0.0163. The lowest BCUT2D eigenvalue weighted by atomic mass is 9.99. The molecular weight excluding hydrogens is 456 g/mol. The zero-order valence-corrected chi connectivity index (χ0v) is 21.8. The van der Waals surface area contributed by atoms with Crippen molar-refractivity contribution in [3.05, 3.63) is 120 Å². The van der Waals surface area contributed by atoms with Gasteiger partial charge in [0, 0.05) is 25.9 Å². The van der Waals surface area contributed by atoms with Crippen LogP contribution in [0.2, 0.25) is 0 Å². The number of fused-ring (bicyclic) bond motifs is 1. The van der Waals surface area contributed by atoms with E-state index in [1.54, 1.807) is 4.90 Å². The molecule has 0 radical (unpaired) electrons. The minimum atomic E-state index is -0.596. The summed E-state index contributed by atoms with van der Waals surface area (Å²) < 4.78 is 0. The Morgan fingerprint density at radius 1 is 0.757 bits per heavy atom. The van der Waals surface area contributed by atoms with Crippen LogP contribution in [-0.4, -0.2) is 29.3 Å². The first-order chi connectivity index (χ1) is 18.0. The molecule has 190 valence electrons. The van der Waals surface area contributed by atoms with Crippen LogP contribution in [0.4, 0.5) is 0 Å². The molecule has 0 spiro atoms. The van der Waals surface area contributed by atoms with Crippen LogP contribution in [0.5, 0.6) is 0 Å². The largest absolute Gasteiger partial charge is 0.354 e. The first-order valence-corrected chi connectivity index (χ1v) is 13.1. The highest BCUT2D eigenvalue weighted by atomic mass is 16.2. The number of benzene rings is 4. The highest BCUT2D eigenvalue weighted by molar-refractivity contribution is 5.89. The predicted octanol–water partition coefficient (Wildman–Crippen LogP) is 6.18. The Kier molecular flexibility index (Phi) is 9.09. The fourth-order valence-corrected chi connectivity index (χ4v) is 4.65. The van der Waals surface area contributed by atoms with E-state index in [1.165, 1.54) is 10.8 Å². The molecule has 0 bridgehead atoms. The Morgan fingerprint density at radius 2 is 1.38 bits per heavy atom. The SMILES string of the molecule is CC(C)CNC(=O)[C@H](Cc1ccccc1)N(Cc1ccccc1)C(=O)CCc1cccc2ccccc12. The average molecular weight is 493 g/mol. The smallest absolute Gasteiger partial charge is 0.243 e. The number of amides is 2. The second-order valence-corrected chi connectivity index (χ2v) is 9.99. The Morgan fingerprint density at radius 3 is 2.08 bits per heavy atom. The molecule has 0 unspecified atom stereocenters. The number of carbonyl (C=O) groups excluding carboxylic acids is 2. The van der Waals surface area contributed by atoms with E-state index in [0.717, 1.165) is 16.7 Å². The lowest BCUT2D eigenvalue weighted by molar-refractivity contribution is -0.141. The van der Waals surface area contributed by atoms with E-state index in [-0.39, 0.29) is 11.8 Å². The molecule has 0 aliphatic carbocycles. The monoisotopic (exact) mass is 492 g/mol. The van der Waals surface area contributed by atoms with E-state index < -0.39 is 6.04 Å². The highest BCUT2D eigenvalue weighted by Crippen LogP contribution is 2.21. The maximum Gasteiger partial charge on any atom is 0.243 e. The summed E-state index contributed by atoms with van der Waals surface area (Å²) in [5.74, 6) is 0.204. The van der Waals surface area contributed by atoms with Gasteiger partial charge in [0.15, 0.2) is 0 Å². The molecule has 1 N–H and O–H groups in total. The van der Waals surface area contributed by atoms with Gasteiger partial charge in [-0.05, 0) is 39.8 Å². The van der Waals surface area contributed by atoms with Crippen LogP contribution in [0.3, 0.4) is 0 Å². The van der Waals surface area contributed by atoms with E-state index in [0.29, 0.717) is 38.3 Å². The van der Waals surface area contributed by atoms with Gasteiger partial charge in [-0.25, -0.2) is 0 Å². The fraction of sp³-hybridized carbons (Fsp3) is 0.273. The third-order valence-corrected chi connectivity index (χ3v) is 6.64. The quantitative estimate of drug-likeness (QED) is 0.272. The number of aryl methyl sites for hydroxylation is 1. The van der Waals surface area contributed by atoms with E-state index in [1.807, 2.05) is 78.9 Å². The highest BCUT2D eigenvalue weighted by Gasteiger charge is 2.30. The molecule has 37 heavy (non-hydrogen) atoms. The van der Waals surface area contributed by atoms with Crippen molar-refractivity contribution in [2.24, 2.45) is 5.92 Å². The molecule has 0 aliphatic rings. The van der Waals surface area contributed by atoms with Gasteiger partial charge >= 0.3 is 0 Å². The average Bonchev–Trinajstić information content (AvgIpc) is 2.93. The molecule has 4 rings (SSSR count). The first kappa shape index (κ1) is 26.2. The second kappa shape index (κ2) is 12.9. The molecule has 4 heteroatoms. The van der Waals surface area contributed by atoms with Gasteiger partial charge in [0.2, 0.25) is 11.8 Å². The van der Waals surface area contributed by atoms with Gasteiger partial charge in [-0.15, -0.1) is 0 Å². The molecule has 0 saturated carbocycles. The first-order valence-electron chi connectivity index (χ1n) is 13.1. The standard InChI is InChI=1S/C33H36N2O2/c1-25(2)23-34-33(37)31(22-26-12-5-3-6-13-26)35(24-27-14-7-4-8-15-27)32(36)21-20-29-18-11-17-28-16-9-10-19-30(28)29/h3-19,25,31H,20-24H2,1-2H3,(H,34,37)/t31-/m0/s1. The number of carbonyl (C=O) groups is 2. The predicted molar refractivity (Wildman–Crippen MR) is 151 cm³/mol. The summed E-state index contributed by atoms with van der Waals surface area (Å²) in [5, 5.41) is 5.43. The maximum atomic E-state index is 13.9. The molecule has 4 nitrogen and oxygen atoms in total. The molecule has 1 atom stereocenters. The third kappa shape index (κ3) is 7.29. The van der Waals surface area contributed by atoms with E-state index >= 15 is 0 Å². The summed E-state index contributed by atoms with van der Waals surface area (Å²) in [4.78, 5) is 29.2. The molecule has 0 heterocycles. The van der Waals surface area contributed by atoms with Crippen molar-refractivity contribution >= 4 is 22.6 Å². The molecule has 2 amide bonds. The Labute approximate surface area is 220 Å².